The van der Waals surface area contributed by atoms with Gasteiger partial charge in [0.05, 0.1) is 39.9 Å². The summed E-state index contributed by atoms with van der Waals surface area (Å²) >= 11 is 0. The molecule has 4 heterocycles. The molecule has 0 spiro atoms. The van der Waals surface area contributed by atoms with Gasteiger partial charge in [-0.2, -0.15) is 5.26 Å². The first-order chi connectivity index (χ1) is 23.3. The third-order valence-corrected chi connectivity index (χ3v) is 9.42. The number of furan rings is 1. The lowest BCUT2D eigenvalue weighted by atomic mass is 10.0. The summed E-state index contributed by atoms with van der Waals surface area (Å²) in [5.74, 6) is 0. The highest BCUT2D eigenvalue weighted by Crippen LogP contribution is 2.41. The van der Waals surface area contributed by atoms with Crippen molar-refractivity contribution in [1.82, 2.24) is 14.1 Å². The van der Waals surface area contributed by atoms with Crippen molar-refractivity contribution >= 4 is 65.6 Å². The minimum Gasteiger partial charge on any atom is -0.454 e. The number of fused-ring (bicyclic) bond motifs is 10. The second kappa shape index (κ2) is 9.68. The molecule has 10 rings (SSSR count). The lowest BCUT2D eigenvalue weighted by molar-refractivity contribution is 0.671. The number of aromatic nitrogens is 3. The summed E-state index contributed by atoms with van der Waals surface area (Å²) < 4.78 is 11.1. The molecule has 0 atom stereocenters. The van der Waals surface area contributed by atoms with Crippen molar-refractivity contribution < 1.29 is 4.42 Å². The van der Waals surface area contributed by atoms with Crippen LogP contribution in [0.2, 0.25) is 0 Å². The number of hydrogen-bond donors (Lipinski definition) is 0. The van der Waals surface area contributed by atoms with Gasteiger partial charge >= 0.3 is 0 Å². The largest absolute Gasteiger partial charge is 0.454 e. The second-order valence-electron chi connectivity index (χ2n) is 12.0. The van der Waals surface area contributed by atoms with Gasteiger partial charge in [0.15, 0.2) is 5.58 Å². The number of nitriles is 1. The molecule has 0 radical (unpaired) electrons. The summed E-state index contributed by atoms with van der Waals surface area (Å²) in [5.41, 5.74) is 11.0. The van der Waals surface area contributed by atoms with Crippen LogP contribution in [0.25, 0.3) is 88.1 Å². The number of rotatable bonds is 3. The van der Waals surface area contributed by atoms with Crippen LogP contribution in [-0.2, 0) is 0 Å². The Hall–Kier alpha value is -6.64. The maximum atomic E-state index is 9.58. The van der Waals surface area contributed by atoms with Crippen LogP contribution < -0.4 is 0 Å². The molecule has 4 aromatic heterocycles. The van der Waals surface area contributed by atoms with E-state index in [0.717, 1.165) is 88.1 Å². The molecular weight excluding hydrogens is 576 g/mol. The minimum absolute atomic E-state index is 0.658. The molecular formula is C42H24N4O. The molecule has 0 N–H and O–H groups in total. The smallest absolute Gasteiger partial charge is 0.160 e. The Morgan fingerprint density at radius 1 is 0.532 bits per heavy atom. The molecule has 0 aliphatic rings. The van der Waals surface area contributed by atoms with E-state index < -0.39 is 0 Å². The van der Waals surface area contributed by atoms with Crippen molar-refractivity contribution in [2.24, 2.45) is 0 Å². The number of benzene rings is 6. The van der Waals surface area contributed by atoms with Crippen LogP contribution in [-0.4, -0.2) is 14.1 Å². The molecule has 0 aliphatic heterocycles. The van der Waals surface area contributed by atoms with Gasteiger partial charge in [0.1, 0.15) is 5.58 Å². The van der Waals surface area contributed by atoms with Gasteiger partial charge < -0.3 is 13.6 Å². The number of pyridine rings is 1. The maximum absolute atomic E-state index is 9.58. The van der Waals surface area contributed by atoms with Gasteiger partial charge in [-0.05, 0) is 77.9 Å². The fraction of sp³-hybridized carbons (Fsp3) is 0. The van der Waals surface area contributed by atoms with Crippen molar-refractivity contribution in [3.63, 3.8) is 0 Å². The average Bonchev–Trinajstić information content (AvgIpc) is 3.79. The molecule has 0 saturated carbocycles. The third-order valence-electron chi connectivity index (χ3n) is 9.42. The predicted molar refractivity (Wildman–Crippen MR) is 190 cm³/mol. The van der Waals surface area contributed by atoms with E-state index in [4.69, 9.17) is 4.42 Å². The zero-order valence-corrected chi connectivity index (χ0v) is 25.1. The monoisotopic (exact) mass is 600 g/mol. The molecule has 47 heavy (non-hydrogen) atoms. The molecule has 218 valence electrons. The Bertz CT molecular complexity index is 2930. The maximum Gasteiger partial charge on any atom is 0.160 e. The highest BCUT2D eigenvalue weighted by Gasteiger charge is 2.19. The van der Waals surface area contributed by atoms with Crippen molar-refractivity contribution in [2.75, 3.05) is 0 Å². The van der Waals surface area contributed by atoms with Crippen LogP contribution in [0.4, 0.5) is 0 Å². The standard InChI is InChI=1S/C42H24N4O/c43-24-26-15-18-38-36(21-26)31-11-1-3-13-37(31)45(38)29-9-5-7-27(22-29)28-8-6-10-30(23-28)46-39-25-44-20-19-32(39)34-16-17-35-33-12-2-4-14-40(33)47-42(35)41(34)46/h1-23,25H. The van der Waals surface area contributed by atoms with Crippen molar-refractivity contribution in [1.29, 1.82) is 5.26 Å². The molecule has 5 heteroatoms. The second-order valence-corrected chi connectivity index (χ2v) is 12.0. The van der Waals surface area contributed by atoms with Gasteiger partial charge in [0.25, 0.3) is 0 Å². The molecule has 5 nitrogen and oxygen atoms in total. The molecule has 0 saturated heterocycles. The van der Waals surface area contributed by atoms with E-state index >= 15 is 0 Å². The molecule has 0 bridgehead atoms. The zero-order valence-electron chi connectivity index (χ0n) is 25.1. The third kappa shape index (κ3) is 3.67. The first kappa shape index (κ1) is 25.7. The topological polar surface area (TPSA) is 59.7 Å². The lowest BCUT2D eigenvalue weighted by Crippen LogP contribution is -1.96. The first-order valence-corrected chi connectivity index (χ1v) is 15.6. The van der Waals surface area contributed by atoms with Crippen LogP contribution >= 0.6 is 0 Å². The van der Waals surface area contributed by atoms with Gasteiger partial charge in [0.2, 0.25) is 0 Å². The lowest BCUT2D eigenvalue weighted by Gasteiger charge is -2.12. The van der Waals surface area contributed by atoms with E-state index in [1.54, 1.807) is 0 Å². The Labute approximate surface area is 268 Å². The van der Waals surface area contributed by atoms with Gasteiger partial charge in [0, 0.05) is 49.9 Å². The van der Waals surface area contributed by atoms with Gasteiger partial charge in [-0.1, -0.05) is 66.7 Å². The SMILES string of the molecule is N#Cc1ccc2c(c1)c1ccccc1n2-c1cccc(-c2cccc(-n3c4cnccc4c4ccc5c6ccccc6oc5c43)c2)c1. The van der Waals surface area contributed by atoms with E-state index in [1.165, 1.54) is 0 Å². The molecule has 0 unspecified atom stereocenters. The van der Waals surface area contributed by atoms with Crippen LogP contribution in [0.1, 0.15) is 5.56 Å². The van der Waals surface area contributed by atoms with E-state index in [2.05, 4.69) is 129 Å². The Kier molecular flexibility index (Phi) is 5.28. The molecule has 10 aromatic rings. The molecule has 0 fully saturated rings. The highest BCUT2D eigenvalue weighted by molar-refractivity contribution is 6.21. The fourth-order valence-corrected chi connectivity index (χ4v) is 7.36. The Morgan fingerprint density at radius 3 is 2.06 bits per heavy atom. The van der Waals surface area contributed by atoms with Crippen LogP contribution in [0, 0.1) is 11.3 Å². The fourth-order valence-electron chi connectivity index (χ4n) is 7.36. The number of nitrogens with zero attached hydrogens (tertiary/aromatic N) is 4. The summed E-state index contributed by atoms with van der Waals surface area (Å²) in [4.78, 5) is 4.53. The quantitative estimate of drug-likeness (QED) is 0.203. The highest BCUT2D eigenvalue weighted by atomic mass is 16.3. The van der Waals surface area contributed by atoms with Crippen LogP contribution in [0.15, 0.2) is 150 Å². The van der Waals surface area contributed by atoms with E-state index in [-0.39, 0.29) is 0 Å². The number of hydrogen-bond acceptors (Lipinski definition) is 3. The summed E-state index contributed by atoms with van der Waals surface area (Å²) in [5, 5.41) is 16.3. The number of para-hydroxylation sites is 2. The molecule has 6 aromatic carbocycles. The van der Waals surface area contributed by atoms with E-state index in [0.29, 0.717) is 5.56 Å². The summed E-state index contributed by atoms with van der Waals surface area (Å²) in [6.45, 7) is 0. The van der Waals surface area contributed by atoms with Gasteiger partial charge in [-0.3, -0.25) is 4.98 Å². The normalized spacial score (nSPS) is 11.8. The zero-order chi connectivity index (χ0) is 31.1. The summed E-state index contributed by atoms with van der Waals surface area (Å²) in [7, 11) is 0. The average molecular weight is 601 g/mol. The van der Waals surface area contributed by atoms with Gasteiger partial charge in [-0.25, -0.2) is 0 Å². The predicted octanol–water partition coefficient (Wildman–Crippen LogP) is 10.7. The van der Waals surface area contributed by atoms with Crippen molar-refractivity contribution in [2.45, 2.75) is 0 Å². The Morgan fingerprint density at radius 2 is 1.23 bits per heavy atom. The van der Waals surface area contributed by atoms with Crippen LogP contribution in [0.3, 0.4) is 0 Å². The summed E-state index contributed by atoms with van der Waals surface area (Å²) in [6, 6.07) is 48.7. The van der Waals surface area contributed by atoms with Crippen molar-refractivity contribution in [3.8, 4) is 28.6 Å². The van der Waals surface area contributed by atoms with Gasteiger partial charge in [-0.15, -0.1) is 0 Å². The molecule has 0 aliphatic carbocycles. The molecule has 0 amide bonds. The Balaban J connectivity index is 1.19. The summed E-state index contributed by atoms with van der Waals surface area (Å²) in [6.07, 6.45) is 3.80. The van der Waals surface area contributed by atoms with Crippen molar-refractivity contribution in [3.05, 3.63) is 151 Å². The minimum atomic E-state index is 0.658. The van der Waals surface area contributed by atoms with E-state index in [1.807, 2.05) is 36.7 Å². The van der Waals surface area contributed by atoms with E-state index in [9.17, 15) is 5.26 Å². The van der Waals surface area contributed by atoms with Crippen LogP contribution in [0.5, 0.6) is 0 Å². The first-order valence-electron chi connectivity index (χ1n) is 15.6.